The van der Waals surface area contributed by atoms with E-state index in [-0.39, 0.29) is 10.8 Å². The van der Waals surface area contributed by atoms with Crippen LogP contribution in [0.2, 0.25) is 0 Å². The van der Waals surface area contributed by atoms with E-state index in [0.717, 1.165) is 34.9 Å². The van der Waals surface area contributed by atoms with Crippen molar-refractivity contribution in [3.8, 4) is 0 Å². The molecule has 3 aromatic carbocycles. The molecule has 0 unspecified atom stereocenters. The predicted octanol–water partition coefficient (Wildman–Crippen LogP) is 6.61. The monoisotopic (exact) mass is 514 g/mol. The summed E-state index contributed by atoms with van der Waals surface area (Å²) >= 11 is 0. The molecule has 6 heteroatoms. The van der Waals surface area contributed by atoms with Gasteiger partial charge in [-0.15, -0.1) is 0 Å². The Hall–Kier alpha value is -3.12. The van der Waals surface area contributed by atoms with Crippen molar-refractivity contribution in [2.75, 3.05) is 16.7 Å². The number of amides is 1. The highest BCUT2D eigenvalue weighted by atomic mass is 32.2. The van der Waals surface area contributed by atoms with Crippen molar-refractivity contribution in [2.24, 2.45) is 23.7 Å². The molecule has 7 rings (SSSR count). The normalized spacial score (nSPS) is 26.2. The minimum atomic E-state index is -3.68. The largest absolute Gasteiger partial charge is 0.322 e. The molecule has 4 aliphatic carbocycles. The van der Waals surface area contributed by atoms with E-state index in [1.807, 2.05) is 19.1 Å². The Morgan fingerprint density at radius 3 is 1.92 bits per heavy atom. The highest BCUT2D eigenvalue weighted by Crippen LogP contribution is 2.59. The van der Waals surface area contributed by atoms with Crippen molar-refractivity contribution in [2.45, 2.75) is 49.8 Å². The summed E-state index contributed by atoms with van der Waals surface area (Å²) in [5.74, 6) is 4.07. The molecule has 3 aromatic rings. The van der Waals surface area contributed by atoms with Crippen LogP contribution in [0.1, 0.15) is 59.5 Å². The topological polar surface area (TPSA) is 66.5 Å². The molecule has 0 radical (unpaired) electrons. The highest BCUT2D eigenvalue weighted by Gasteiger charge is 2.48. The first-order valence-electron chi connectivity index (χ1n) is 13.3. The molecular formula is C31H34N2O3S. The van der Waals surface area contributed by atoms with Crippen LogP contribution in [0.15, 0.2) is 77.7 Å². The Balaban J connectivity index is 1.11. The fourth-order valence-corrected chi connectivity index (χ4v) is 8.49. The van der Waals surface area contributed by atoms with Gasteiger partial charge in [-0.25, -0.2) is 8.42 Å². The summed E-state index contributed by atoms with van der Waals surface area (Å²) < 4.78 is 27.2. The van der Waals surface area contributed by atoms with Crippen LogP contribution in [0, 0.1) is 30.6 Å². The van der Waals surface area contributed by atoms with Crippen LogP contribution in [-0.2, 0) is 10.0 Å². The molecule has 0 aromatic heterocycles. The summed E-state index contributed by atoms with van der Waals surface area (Å²) in [7, 11) is -2.15. The lowest BCUT2D eigenvalue weighted by Crippen LogP contribution is -2.43. The Kier molecular flexibility index (Phi) is 6.10. The standard InChI is InChI=1S/C31H34N2O3S/c1-20-3-13-29(14-4-20)37(35,36)33(2)28-11-7-24(8-12-28)31(34)32-27-9-5-23(6-10-27)30-25-16-21-15-22(18-25)19-26(30)17-21/h3-14,21-22,25-26,30H,15-19H2,1-2H3,(H,32,34). The fraction of sp³-hybridized carbons (Fsp3) is 0.387. The van der Waals surface area contributed by atoms with Gasteiger partial charge in [0.05, 0.1) is 10.6 Å². The Morgan fingerprint density at radius 2 is 1.35 bits per heavy atom. The van der Waals surface area contributed by atoms with Crippen LogP contribution in [-0.4, -0.2) is 21.4 Å². The van der Waals surface area contributed by atoms with E-state index in [1.54, 1.807) is 48.5 Å². The molecule has 1 amide bonds. The molecule has 4 saturated carbocycles. The highest BCUT2D eigenvalue weighted by molar-refractivity contribution is 7.92. The van der Waals surface area contributed by atoms with Gasteiger partial charge < -0.3 is 5.32 Å². The summed E-state index contributed by atoms with van der Waals surface area (Å²) in [6, 6.07) is 21.9. The second kappa shape index (κ2) is 9.32. The van der Waals surface area contributed by atoms with E-state index in [1.165, 1.54) is 49.0 Å². The van der Waals surface area contributed by atoms with Gasteiger partial charge in [-0.3, -0.25) is 9.10 Å². The van der Waals surface area contributed by atoms with E-state index in [4.69, 9.17) is 0 Å². The summed E-state index contributed by atoms with van der Waals surface area (Å²) in [5, 5.41) is 2.99. The van der Waals surface area contributed by atoms with Gasteiger partial charge in [-0.1, -0.05) is 29.8 Å². The van der Waals surface area contributed by atoms with Crippen LogP contribution in [0.3, 0.4) is 0 Å². The average molecular weight is 515 g/mol. The van der Waals surface area contributed by atoms with Crippen molar-refractivity contribution in [1.29, 1.82) is 0 Å². The molecule has 4 fully saturated rings. The van der Waals surface area contributed by atoms with Crippen molar-refractivity contribution >= 4 is 27.3 Å². The lowest BCUT2D eigenvalue weighted by atomic mass is 9.51. The number of rotatable bonds is 6. The fourth-order valence-electron chi connectivity index (χ4n) is 7.29. The van der Waals surface area contributed by atoms with Crippen molar-refractivity contribution in [1.82, 2.24) is 0 Å². The number of nitrogens with zero attached hydrogens (tertiary/aromatic N) is 1. The maximum atomic E-state index is 13.0. The molecular weight excluding hydrogens is 480 g/mol. The summed E-state index contributed by atoms with van der Waals surface area (Å²) in [6.07, 6.45) is 7.05. The number of hydrogen-bond acceptors (Lipinski definition) is 3. The number of hydrogen-bond donors (Lipinski definition) is 1. The van der Waals surface area contributed by atoms with Crippen LogP contribution in [0.4, 0.5) is 11.4 Å². The van der Waals surface area contributed by atoms with Gasteiger partial charge in [0.15, 0.2) is 0 Å². The summed E-state index contributed by atoms with van der Waals surface area (Å²) in [4.78, 5) is 13.1. The van der Waals surface area contributed by atoms with Crippen molar-refractivity contribution in [3.63, 3.8) is 0 Å². The number of benzene rings is 3. The van der Waals surface area contributed by atoms with Crippen molar-refractivity contribution < 1.29 is 13.2 Å². The zero-order valence-corrected chi connectivity index (χ0v) is 22.2. The first-order valence-corrected chi connectivity index (χ1v) is 14.8. The molecule has 0 atom stereocenters. The van der Waals surface area contributed by atoms with Crippen LogP contribution in [0.25, 0.3) is 0 Å². The van der Waals surface area contributed by atoms with Crippen LogP contribution in [0.5, 0.6) is 0 Å². The maximum Gasteiger partial charge on any atom is 0.264 e. The van der Waals surface area contributed by atoms with Crippen molar-refractivity contribution in [3.05, 3.63) is 89.5 Å². The third-order valence-corrected chi connectivity index (χ3v) is 10.8. The van der Waals surface area contributed by atoms with Gasteiger partial charge in [0.1, 0.15) is 0 Å². The average Bonchev–Trinajstić information content (AvgIpc) is 2.89. The molecule has 0 aliphatic heterocycles. The molecule has 4 aliphatic rings. The lowest BCUT2D eigenvalue weighted by molar-refractivity contribution is -0.00277. The molecule has 0 heterocycles. The number of aryl methyl sites for hydroxylation is 1. The number of carbonyl (C=O) groups excluding carboxylic acids is 1. The second-order valence-corrected chi connectivity index (χ2v) is 13.3. The molecule has 5 nitrogen and oxygen atoms in total. The van der Waals surface area contributed by atoms with Crippen LogP contribution >= 0.6 is 0 Å². The molecule has 192 valence electrons. The van der Waals surface area contributed by atoms with Gasteiger partial charge in [-0.2, -0.15) is 0 Å². The number of carbonyl (C=O) groups is 1. The minimum absolute atomic E-state index is 0.210. The van der Waals surface area contributed by atoms with Gasteiger partial charge in [-0.05, 0) is 123 Å². The van der Waals surface area contributed by atoms with Gasteiger partial charge in [0.2, 0.25) is 0 Å². The van der Waals surface area contributed by atoms with E-state index < -0.39 is 10.0 Å². The quantitative estimate of drug-likeness (QED) is 0.402. The first kappa shape index (κ1) is 24.2. The zero-order valence-electron chi connectivity index (χ0n) is 21.4. The van der Waals surface area contributed by atoms with E-state index in [0.29, 0.717) is 17.2 Å². The number of sulfonamides is 1. The van der Waals surface area contributed by atoms with Gasteiger partial charge >= 0.3 is 0 Å². The first-order chi connectivity index (χ1) is 17.8. The summed E-state index contributed by atoms with van der Waals surface area (Å²) in [5.41, 5.74) is 4.18. The predicted molar refractivity (Wildman–Crippen MR) is 147 cm³/mol. The van der Waals surface area contributed by atoms with E-state index in [9.17, 15) is 13.2 Å². The zero-order chi connectivity index (χ0) is 25.7. The van der Waals surface area contributed by atoms with Gasteiger partial charge in [0.25, 0.3) is 15.9 Å². The third-order valence-electron chi connectivity index (χ3n) is 8.95. The number of nitrogens with one attached hydrogen (secondary N) is 1. The lowest BCUT2D eigenvalue weighted by Gasteiger charge is -2.54. The minimum Gasteiger partial charge on any atom is -0.322 e. The molecule has 37 heavy (non-hydrogen) atoms. The molecule has 1 N–H and O–H groups in total. The van der Waals surface area contributed by atoms with E-state index >= 15 is 0 Å². The van der Waals surface area contributed by atoms with Gasteiger partial charge in [0, 0.05) is 18.3 Å². The third kappa shape index (κ3) is 4.56. The summed E-state index contributed by atoms with van der Waals surface area (Å²) in [6.45, 7) is 1.92. The van der Waals surface area contributed by atoms with Crippen LogP contribution < -0.4 is 9.62 Å². The molecule has 0 spiro atoms. The Labute approximate surface area is 220 Å². The Bertz CT molecular complexity index is 1370. The molecule has 4 bridgehead atoms. The Morgan fingerprint density at radius 1 is 0.784 bits per heavy atom. The second-order valence-electron chi connectivity index (χ2n) is 11.4. The van der Waals surface area contributed by atoms with E-state index in [2.05, 4.69) is 17.4 Å². The maximum absolute atomic E-state index is 13.0. The SMILES string of the molecule is Cc1ccc(S(=O)(=O)N(C)c2ccc(C(=O)Nc3ccc(C4C5CC6CC(C5)CC4C6)cc3)cc2)cc1. The molecule has 0 saturated heterocycles. The number of anilines is 2. The smallest absolute Gasteiger partial charge is 0.264 e.